The Kier molecular flexibility index (Phi) is 4.85. The summed E-state index contributed by atoms with van der Waals surface area (Å²) in [4.78, 5) is 55.0. The number of aromatic nitrogens is 2. The van der Waals surface area contributed by atoms with Crippen LogP contribution in [0.1, 0.15) is 57.9 Å². The number of carbonyl (C=O) groups excluding carboxylic acids is 4. The van der Waals surface area contributed by atoms with Gasteiger partial charge in [-0.1, -0.05) is 6.07 Å². The van der Waals surface area contributed by atoms with E-state index in [9.17, 15) is 27.6 Å². The molecule has 3 aliphatic rings. The molecule has 3 aliphatic heterocycles. The van der Waals surface area contributed by atoms with Crippen LogP contribution in [0, 0.1) is 6.92 Å². The lowest BCUT2D eigenvalue weighted by Crippen LogP contribution is -2.54. The second-order valence-corrected chi connectivity index (χ2v) is 9.90. The van der Waals surface area contributed by atoms with Crippen molar-refractivity contribution < 1.29 is 27.6 Å². The smallest absolute Gasteiger partial charge is 0.281 e. The van der Waals surface area contributed by atoms with Crippen molar-refractivity contribution in [1.29, 1.82) is 0 Å². The van der Waals surface area contributed by atoms with Crippen molar-refractivity contribution >= 4 is 39.3 Å². The van der Waals surface area contributed by atoms with Crippen LogP contribution in [0.2, 0.25) is 0 Å². The molecule has 1 fully saturated rings. The van der Waals surface area contributed by atoms with E-state index in [1.807, 2.05) is 4.57 Å². The minimum absolute atomic E-state index is 0.00587. The van der Waals surface area contributed by atoms with Crippen LogP contribution >= 0.6 is 0 Å². The van der Waals surface area contributed by atoms with Crippen molar-refractivity contribution in [3.63, 3.8) is 0 Å². The molecule has 33 heavy (non-hydrogen) atoms. The van der Waals surface area contributed by atoms with E-state index in [1.165, 1.54) is 18.2 Å². The molecule has 4 amide bonds. The number of imide groups is 2. The molecule has 0 bridgehead atoms. The number of nitrogens with one attached hydrogen (secondary N) is 2. The Morgan fingerprint density at radius 2 is 1.88 bits per heavy atom. The van der Waals surface area contributed by atoms with Gasteiger partial charge in [0.05, 0.1) is 22.5 Å². The Labute approximate surface area is 189 Å². The number of imidazole rings is 1. The number of piperidine rings is 1. The number of nitrogens with zero attached hydrogens (tertiary/aromatic N) is 3. The molecule has 1 atom stereocenters. The summed E-state index contributed by atoms with van der Waals surface area (Å²) in [5.74, 6) is -2.10. The summed E-state index contributed by atoms with van der Waals surface area (Å²) in [5.41, 5.74) is 0.427. The zero-order chi connectivity index (χ0) is 23.5. The van der Waals surface area contributed by atoms with Crippen molar-refractivity contribution in [2.45, 2.75) is 56.6 Å². The van der Waals surface area contributed by atoms with Gasteiger partial charge in [-0.05, 0) is 44.7 Å². The molecule has 0 radical (unpaired) electrons. The van der Waals surface area contributed by atoms with Crippen LogP contribution in [0.5, 0.6) is 0 Å². The summed E-state index contributed by atoms with van der Waals surface area (Å²) in [6.07, 6.45) is 2.37. The molecule has 4 heterocycles. The molecule has 2 aromatic rings. The van der Waals surface area contributed by atoms with E-state index in [1.54, 1.807) is 6.92 Å². The minimum Gasteiger partial charge on any atom is -0.331 e. The van der Waals surface area contributed by atoms with Crippen LogP contribution in [0.25, 0.3) is 0 Å². The third-order valence-corrected chi connectivity index (χ3v) is 7.56. The SMILES string of the molecule is Cc1nc(S(=O)(=O)Nc2cccc3c2C(=O)N(C2CCC(=O)NC2=O)C3=O)c2n1CCCC2. The lowest BCUT2D eigenvalue weighted by atomic mass is 10.0. The zero-order valence-electron chi connectivity index (χ0n) is 17.8. The number of sulfonamides is 1. The van der Waals surface area contributed by atoms with Crippen LogP contribution in [0.15, 0.2) is 23.2 Å². The highest BCUT2D eigenvalue weighted by molar-refractivity contribution is 7.92. The second kappa shape index (κ2) is 7.51. The lowest BCUT2D eigenvalue weighted by molar-refractivity contribution is -0.136. The third-order valence-electron chi connectivity index (χ3n) is 6.24. The Morgan fingerprint density at radius 3 is 2.64 bits per heavy atom. The molecule has 5 rings (SSSR count). The number of fused-ring (bicyclic) bond motifs is 2. The van der Waals surface area contributed by atoms with Gasteiger partial charge in [0.15, 0.2) is 5.03 Å². The average molecular weight is 471 g/mol. The van der Waals surface area contributed by atoms with Crippen LogP contribution in [0.3, 0.4) is 0 Å². The van der Waals surface area contributed by atoms with Gasteiger partial charge in [-0.2, -0.15) is 8.42 Å². The predicted octanol–water partition coefficient (Wildman–Crippen LogP) is 0.730. The Morgan fingerprint density at radius 1 is 1.09 bits per heavy atom. The molecule has 1 unspecified atom stereocenters. The van der Waals surface area contributed by atoms with Gasteiger partial charge < -0.3 is 4.57 Å². The lowest BCUT2D eigenvalue weighted by Gasteiger charge is -2.27. The van der Waals surface area contributed by atoms with E-state index < -0.39 is 39.7 Å². The summed E-state index contributed by atoms with van der Waals surface area (Å²) >= 11 is 0. The first kappa shape index (κ1) is 21.3. The summed E-state index contributed by atoms with van der Waals surface area (Å²) in [5, 5.41) is 2.05. The molecule has 11 nitrogen and oxygen atoms in total. The Hall–Kier alpha value is -3.54. The van der Waals surface area contributed by atoms with Crippen molar-refractivity contribution in [3.8, 4) is 0 Å². The van der Waals surface area contributed by atoms with E-state index in [2.05, 4.69) is 15.0 Å². The first-order chi connectivity index (χ1) is 15.7. The molecule has 0 aliphatic carbocycles. The standard InChI is InChI=1S/C21H21N5O6S/c1-11-22-19(15-7-2-3-10-25(11)15)33(31,32)24-13-6-4-5-12-17(13)21(30)26(20(12)29)14-8-9-16(27)23-18(14)28/h4-6,14,24H,2-3,7-10H2,1H3,(H,23,27,28). The van der Waals surface area contributed by atoms with Crippen molar-refractivity contribution in [1.82, 2.24) is 19.8 Å². The van der Waals surface area contributed by atoms with Gasteiger partial charge in [0.2, 0.25) is 11.8 Å². The number of aryl methyl sites for hydroxylation is 1. The molecule has 1 saturated heterocycles. The maximum atomic E-state index is 13.2. The zero-order valence-corrected chi connectivity index (χ0v) is 18.6. The normalized spacial score (nSPS) is 20.5. The van der Waals surface area contributed by atoms with Gasteiger partial charge in [0.1, 0.15) is 11.9 Å². The topological polar surface area (TPSA) is 148 Å². The Bertz CT molecular complexity index is 1350. The molecule has 172 valence electrons. The fourth-order valence-electron chi connectivity index (χ4n) is 4.69. The van der Waals surface area contributed by atoms with E-state index in [0.717, 1.165) is 17.7 Å². The third kappa shape index (κ3) is 3.32. The van der Waals surface area contributed by atoms with Gasteiger partial charge in [0, 0.05) is 13.0 Å². The summed E-state index contributed by atoms with van der Waals surface area (Å²) in [7, 11) is -4.14. The van der Waals surface area contributed by atoms with Gasteiger partial charge in [-0.25, -0.2) is 4.98 Å². The molecule has 2 N–H and O–H groups in total. The van der Waals surface area contributed by atoms with Gasteiger partial charge in [0.25, 0.3) is 21.8 Å². The first-order valence-corrected chi connectivity index (χ1v) is 12.1. The molecule has 1 aromatic carbocycles. The highest BCUT2D eigenvalue weighted by Crippen LogP contribution is 2.34. The minimum atomic E-state index is -4.14. The van der Waals surface area contributed by atoms with Crippen LogP contribution < -0.4 is 10.0 Å². The van der Waals surface area contributed by atoms with Gasteiger partial charge in [-0.3, -0.25) is 34.1 Å². The highest BCUT2D eigenvalue weighted by atomic mass is 32.2. The fourth-order valence-corrected chi connectivity index (χ4v) is 6.02. The molecule has 0 spiro atoms. The van der Waals surface area contributed by atoms with Crippen molar-refractivity contribution in [2.24, 2.45) is 0 Å². The van der Waals surface area contributed by atoms with E-state index >= 15 is 0 Å². The monoisotopic (exact) mass is 471 g/mol. The largest absolute Gasteiger partial charge is 0.331 e. The van der Waals surface area contributed by atoms with E-state index in [-0.39, 0.29) is 34.7 Å². The van der Waals surface area contributed by atoms with Gasteiger partial charge >= 0.3 is 0 Å². The molecule has 12 heteroatoms. The molecular weight excluding hydrogens is 450 g/mol. The first-order valence-electron chi connectivity index (χ1n) is 10.6. The summed E-state index contributed by atoms with van der Waals surface area (Å²) in [6.45, 7) is 2.44. The highest BCUT2D eigenvalue weighted by Gasteiger charge is 2.46. The summed E-state index contributed by atoms with van der Waals surface area (Å²) in [6, 6.07) is 3.12. The van der Waals surface area contributed by atoms with Crippen LogP contribution in [-0.4, -0.2) is 52.5 Å². The molecule has 1 aromatic heterocycles. The number of carbonyl (C=O) groups is 4. The fraction of sp³-hybridized carbons (Fsp3) is 0.381. The number of rotatable bonds is 4. The molecular formula is C21H21N5O6S. The van der Waals surface area contributed by atoms with Gasteiger partial charge in [-0.15, -0.1) is 0 Å². The molecule has 0 saturated carbocycles. The van der Waals surface area contributed by atoms with E-state index in [4.69, 9.17) is 0 Å². The predicted molar refractivity (Wildman–Crippen MR) is 114 cm³/mol. The maximum absolute atomic E-state index is 13.2. The summed E-state index contributed by atoms with van der Waals surface area (Å²) < 4.78 is 30.8. The number of hydrogen-bond donors (Lipinski definition) is 2. The average Bonchev–Trinajstić information content (AvgIpc) is 3.24. The Balaban J connectivity index is 1.50. The van der Waals surface area contributed by atoms with Crippen molar-refractivity contribution in [3.05, 3.63) is 40.8 Å². The quantitative estimate of drug-likeness (QED) is 0.625. The number of benzene rings is 1. The number of hydrogen-bond acceptors (Lipinski definition) is 7. The van der Waals surface area contributed by atoms with E-state index in [0.29, 0.717) is 24.5 Å². The van der Waals surface area contributed by atoms with Crippen LogP contribution in [0.4, 0.5) is 5.69 Å². The number of amides is 4. The maximum Gasteiger partial charge on any atom is 0.281 e. The number of anilines is 1. The second-order valence-electron chi connectivity index (χ2n) is 8.30. The van der Waals surface area contributed by atoms with Crippen molar-refractivity contribution in [2.75, 3.05) is 4.72 Å². The van der Waals surface area contributed by atoms with Crippen LogP contribution in [-0.2, 0) is 32.6 Å².